The van der Waals surface area contributed by atoms with Crippen molar-refractivity contribution < 1.29 is 4.79 Å². The molecule has 4 nitrogen and oxygen atoms in total. The van der Waals surface area contributed by atoms with Crippen molar-refractivity contribution in [1.82, 2.24) is 9.88 Å². The molecule has 1 aromatic rings. The molecular formula is C14H21N3O. The van der Waals surface area contributed by atoms with Crippen LogP contribution in [0.4, 0.5) is 5.69 Å². The Morgan fingerprint density at radius 1 is 1.50 bits per heavy atom. The highest BCUT2D eigenvalue weighted by molar-refractivity contribution is 5.97. The van der Waals surface area contributed by atoms with Gasteiger partial charge in [0.1, 0.15) is 0 Å². The molecule has 0 radical (unpaired) electrons. The van der Waals surface area contributed by atoms with Gasteiger partial charge in [0, 0.05) is 19.3 Å². The minimum absolute atomic E-state index is 0.0418. The number of pyridine rings is 1. The summed E-state index contributed by atoms with van der Waals surface area (Å²) in [5, 5.41) is 0. The fourth-order valence-corrected chi connectivity index (χ4v) is 2.40. The van der Waals surface area contributed by atoms with Crippen LogP contribution in [0.5, 0.6) is 0 Å². The highest BCUT2D eigenvalue weighted by Crippen LogP contribution is 2.34. The van der Waals surface area contributed by atoms with E-state index < -0.39 is 0 Å². The summed E-state index contributed by atoms with van der Waals surface area (Å²) < 4.78 is 0. The third-order valence-electron chi connectivity index (χ3n) is 3.74. The molecular weight excluding hydrogens is 226 g/mol. The average Bonchev–Trinajstić information content (AvgIpc) is 2.77. The predicted octanol–water partition coefficient (Wildman–Crippen LogP) is 2.17. The standard InChI is InChI=1S/C14H21N3O/c1-14(2,3)10-6-8-17(9-10)13(18)12-11(15)5-4-7-16-12/h4-5,7,10H,6,8-9,15H2,1-3H3. The monoisotopic (exact) mass is 247 g/mol. The largest absolute Gasteiger partial charge is 0.397 e. The first-order valence-corrected chi connectivity index (χ1v) is 6.39. The third kappa shape index (κ3) is 2.47. The molecule has 0 aliphatic carbocycles. The molecule has 1 aromatic heterocycles. The Balaban J connectivity index is 2.11. The molecule has 0 spiro atoms. The summed E-state index contributed by atoms with van der Waals surface area (Å²) in [5.41, 5.74) is 6.88. The number of anilines is 1. The normalized spacial score (nSPS) is 20.2. The molecule has 98 valence electrons. The van der Waals surface area contributed by atoms with Crippen LogP contribution >= 0.6 is 0 Å². The zero-order chi connectivity index (χ0) is 13.3. The number of nitrogens with two attached hydrogens (primary N) is 1. The molecule has 1 amide bonds. The van der Waals surface area contributed by atoms with E-state index in [1.54, 1.807) is 18.3 Å². The molecule has 0 saturated carbocycles. The molecule has 1 unspecified atom stereocenters. The van der Waals surface area contributed by atoms with Gasteiger partial charge in [-0.1, -0.05) is 20.8 Å². The quantitative estimate of drug-likeness (QED) is 0.827. The molecule has 1 aliphatic rings. The summed E-state index contributed by atoms with van der Waals surface area (Å²) >= 11 is 0. The van der Waals surface area contributed by atoms with Crippen molar-refractivity contribution in [2.24, 2.45) is 11.3 Å². The van der Waals surface area contributed by atoms with Gasteiger partial charge in [-0.25, -0.2) is 4.98 Å². The Labute approximate surface area is 108 Å². The molecule has 4 heteroatoms. The lowest BCUT2D eigenvalue weighted by Gasteiger charge is -2.26. The zero-order valence-corrected chi connectivity index (χ0v) is 11.3. The minimum atomic E-state index is -0.0418. The van der Waals surface area contributed by atoms with Crippen LogP contribution < -0.4 is 5.73 Å². The second kappa shape index (κ2) is 4.59. The van der Waals surface area contributed by atoms with E-state index >= 15 is 0 Å². The van der Waals surface area contributed by atoms with Crippen LogP contribution in [-0.4, -0.2) is 28.9 Å². The van der Waals surface area contributed by atoms with Gasteiger partial charge in [-0.15, -0.1) is 0 Å². The lowest BCUT2D eigenvalue weighted by Crippen LogP contribution is -2.32. The molecule has 2 rings (SSSR count). The molecule has 2 heterocycles. The number of nitrogen functional groups attached to an aromatic ring is 1. The molecule has 1 saturated heterocycles. The van der Waals surface area contributed by atoms with E-state index in [4.69, 9.17) is 5.73 Å². The number of carbonyl (C=O) groups is 1. The van der Waals surface area contributed by atoms with Gasteiger partial charge in [-0.2, -0.15) is 0 Å². The highest BCUT2D eigenvalue weighted by Gasteiger charge is 2.34. The van der Waals surface area contributed by atoms with E-state index in [1.807, 2.05) is 4.90 Å². The minimum Gasteiger partial charge on any atom is -0.397 e. The van der Waals surface area contributed by atoms with Gasteiger partial charge >= 0.3 is 0 Å². The van der Waals surface area contributed by atoms with Crippen LogP contribution in [0.15, 0.2) is 18.3 Å². The first kappa shape index (κ1) is 12.9. The summed E-state index contributed by atoms with van der Waals surface area (Å²) in [7, 11) is 0. The summed E-state index contributed by atoms with van der Waals surface area (Å²) in [6.45, 7) is 8.28. The summed E-state index contributed by atoms with van der Waals surface area (Å²) in [6, 6.07) is 3.46. The Bertz CT molecular complexity index is 451. The van der Waals surface area contributed by atoms with Crippen LogP contribution in [0.1, 0.15) is 37.7 Å². The molecule has 1 fully saturated rings. The molecule has 2 N–H and O–H groups in total. The Hall–Kier alpha value is -1.58. The second-order valence-corrected chi connectivity index (χ2v) is 6.04. The lowest BCUT2D eigenvalue weighted by atomic mass is 9.80. The van der Waals surface area contributed by atoms with E-state index in [-0.39, 0.29) is 11.3 Å². The number of hydrogen-bond donors (Lipinski definition) is 1. The lowest BCUT2D eigenvalue weighted by molar-refractivity contribution is 0.0772. The molecule has 0 aromatic carbocycles. The van der Waals surface area contributed by atoms with Crippen LogP contribution in [0.3, 0.4) is 0 Å². The van der Waals surface area contributed by atoms with Gasteiger partial charge in [0.25, 0.3) is 5.91 Å². The second-order valence-electron chi connectivity index (χ2n) is 6.04. The van der Waals surface area contributed by atoms with Crippen molar-refractivity contribution in [3.8, 4) is 0 Å². The molecule has 0 bridgehead atoms. The third-order valence-corrected chi connectivity index (χ3v) is 3.74. The van der Waals surface area contributed by atoms with Gasteiger partial charge in [-0.05, 0) is 29.9 Å². The van der Waals surface area contributed by atoms with E-state index in [1.165, 1.54) is 0 Å². The number of amides is 1. The Morgan fingerprint density at radius 2 is 2.22 bits per heavy atom. The first-order chi connectivity index (χ1) is 8.39. The summed E-state index contributed by atoms with van der Waals surface area (Å²) in [6.07, 6.45) is 2.67. The number of carbonyl (C=O) groups excluding carboxylic acids is 1. The fraction of sp³-hybridized carbons (Fsp3) is 0.571. The summed E-state index contributed by atoms with van der Waals surface area (Å²) in [4.78, 5) is 18.3. The fourth-order valence-electron chi connectivity index (χ4n) is 2.40. The number of hydrogen-bond acceptors (Lipinski definition) is 3. The maximum Gasteiger partial charge on any atom is 0.274 e. The molecule has 1 aliphatic heterocycles. The van der Waals surface area contributed by atoms with E-state index in [0.717, 1.165) is 19.5 Å². The van der Waals surface area contributed by atoms with Gasteiger partial charge in [0.15, 0.2) is 5.69 Å². The van der Waals surface area contributed by atoms with E-state index in [9.17, 15) is 4.79 Å². The predicted molar refractivity (Wildman–Crippen MR) is 72.1 cm³/mol. The van der Waals surface area contributed by atoms with Crippen LogP contribution in [0.25, 0.3) is 0 Å². The van der Waals surface area contributed by atoms with E-state index in [2.05, 4.69) is 25.8 Å². The van der Waals surface area contributed by atoms with Crippen molar-refractivity contribution >= 4 is 11.6 Å². The Kier molecular flexibility index (Phi) is 3.28. The van der Waals surface area contributed by atoms with Crippen molar-refractivity contribution in [3.63, 3.8) is 0 Å². The number of aromatic nitrogens is 1. The smallest absolute Gasteiger partial charge is 0.274 e. The maximum atomic E-state index is 12.3. The van der Waals surface area contributed by atoms with Crippen LogP contribution in [0.2, 0.25) is 0 Å². The number of likely N-dealkylation sites (tertiary alicyclic amines) is 1. The number of nitrogens with zero attached hydrogens (tertiary/aromatic N) is 2. The van der Waals surface area contributed by atoms with Crippen molar-refractivity contribution in [3.05, 3.63) is 24.0 Å². The average molecular weight is 247 g/mol. The van der Waals surface area contributed by atoms with Crippen molar-refractivity contribution in [2.75, 3.05) is 18.8 Å². The van der Waals surface area contributed by atoms with Gasteiger partial charge in [0.05, 0.1) is 5.69 Å². The topological polar surface area (TPSA) is 59.2 Å². The molecule has 18 heavy (non-hydrogen) atoms. The first-order valence-electron chi connectivity index (χ1n) is 6.39. The van der Waals surface area contributed by atoms with Crippen LogP contribution in [-0.2, 0) is 0 Å². The molecule has 1 atom stereocenters. The number of rotatable bonds is 1. The van der Waals surface area contributed by atoms with Crippen molar-refractivity contribution in [2.45, 2.75) is 27.2 Å². The Morgan fingerprint density at radius 3 is 2.78 bits per heavy atom. The SMILES string of the molecule is CC(C)(C)C1CCN(C(=O)c2ncccc2N)C1. The van der Waals surface area contributed by atoms with Crippen molar-refractivity contribution in [1.29, 1.82) is 0 Å². The van der Waals surface area contributed by atoms with Gasteiger partial charge < -0.3 is 10.6 Å². The summed E-state index contributed by atoms with van der Waals surface area (Å²) in [5.74, 6) is 0.506. The van der Waals surface area contributed by atoms with Crippen LogP contribution in [0, 0.1) is 11.3 Å². The maximum absolute atomic E-state index is 12.3. The van der Waals surface area contributed by atoms with E-state index in [0.29, 0.717) is 17.3 Å². The zero-order valence-electron chi connectivity index (χ0n) is 11.3. The highest BCUT2D eigenvalue weighted by atomic mass is 16.2. The van der Waals surface area contributed by atoms with Gasteiger partial charge in [0.2, 0.25) is 0 Å². The van der Waals surface area contributed by atoms with Gasteiger partial charge in [-0.3, -0.25) is 4.79 Å².